The zero-order chi connectivity index (χ0) is 13.0. The Hall–Kier alpha value is -2.17. The molecule has 1 heterocycles. The summed E-state index contributed by atoms with van der Waals surface area (Å²) in [6.07, 6.45) is 2.11. The second-order valence-electron chi connectivity index (χ2n) is 4.26. The molecule has 1 amide bonds. The first-order chi connectivity index (χ1) is 8.66. The van der Waals surface area contributed by atoms with Gasteiger partial charge in [0.05, 0.1) is 0 Å². The zero-order valence-corrected chi connectivity index (χ0v) is 10.5. The number of nitrogens with zero attached hydrogens (tertiary/aromatic N) is 2. The molecule has 1 aromatic heterocycles. The van der Waals surface area contributed by atoms with E-state index in [0.29, 0.717) is 13.0 Å². The smallest absolute Gasteiger partial charge is 0.251 e. The molecule has 0 aliphatic rings. The van der Waals surface area contributed by atoms with E-state index in [1.54, 1.807) is 0 Å². The van der Waals surface area contributed by atoms with Crippen LogP contribution in [0.1, 0.15) is 27.3 Å². The number of H-pyrrole nitrogens is 1. The van der Waals surface area contributed by atoms with Crippen LogP contribution in [-0.2, 0) is 6.42 Å². The summed E-state index contributed by atoms with van der Waals surface area (Å²) in [7, 11) is 0. The highest BCUT2D eigenvalue weighted by atomic mass is 16.1. The summed E-state index contributed by atoms with van der Waals surface area (Å²) < 4.78 is 0. The van der Waals surface area contributed by atoms with Gasteiger partial charge in [0, 0.05) is 18.5 Å². The normalized spacial score (nSPS) is 10.3. The Bertz CT molecular complexity index is 534. The van der Waals surface area contributed by atoms with E-state index in [1.165, 1.54) is 6.33 Å². The summed E-state index contributed by atoms with van der Waals surface area (Å²) in [6.45, 7) is 4.46. The summed E-state index contributed by atoms with van der Waals surface area (Å²) in [5, 5.41) is 9.39. The number of rotatable bonds is 4. The number of hydrogen-bond donors (Lipinski definition) is 2. The molecule has 0 atom stereocenters. The van der Waals surface area contributed by atoms with Gasteiger partial charge in [-0.15, -0.1) is 0 Å². The molecular formula is C13H16N4O. The van der Waals surface area contributed by atoms with Crippen LogP contribution in [0.15, 0.2) is 24.5 Å². The van der Waals surface area contributed by atoms with Gasteiger partial charge in [0.1, 0.15) is 12.2 Å². The molecule has 0 radical (unpaired) electrons. The van der Waals surface area contributed by atoms with E-state index in [0.717, 1.165) is 22.5 Å². The highest BCUT2D eigenvalue weighted by Crippen LogP contribution is 2.10. The summed E-state index contributed by atoms with van der Waals surface area (Å²) in [6, 6.07) is 5.86. The average Bonchev–Trinajstić information content (AvgIpc) is 2.85. The predicted molar refractivity (Wildman–Crippen MR) is 68.3 cm³/mol. The van der Waals surface area contributed by atoms with Crippen LogP contribution >= 0.6 is 0 Å². The molecule has 94 valence electrons. The number of aromatic amines is 1. The van der Waals surface area contributed by atoms with Gasteiger partial charge in [-0.05, 0) is 25.5 Å². The molecule has 1 aromatic carbocycles. The van der Waals surface area contributed by atoms with E-state index >= 15 is 0 Å². The van der Waals surface area contributed by atoms with Crippen molar-refractivity contribution in [2.45, 2.75) is 20.3 Å². The average molecular weight is 244 g/mol. The lowest BCUT2D eigenvalue weighted by Gasteiger charge is -2.07. The first kappa shape index (κ1) is 12.3. The molecule has 2 rings (SSSR count). The van der Waals surface area contributed by atoms with Crippen molar-refractivity contribution >= 4 is 5.91 Å². The maximum Gasteiger partial charge on any atom is 0.251 e. The third kappa shape index (κ3) is 2.94. The van der Waals surface area contributed by atoms with Crippen LogP contribution < -0.4 is 5.32 Å². The Morgan fingerprint density at radius 3 is 2.94 bits per heavy atom. The quantitative estimate of drug-likeness (QED) is 0.854. The lowest BCUT2D eigenvalue weighted by atomic mass is 10.1. The van der Waals surface area contributed by atoms with Gasteiger partial charge in [-0.3, -0.25) is 9.89 Å². The molecule has 5 heteroatoms. The van der Waals surface area contributed by atoms with Gasteiger partial charge in [-0.1, -0.05) is 17.7 Å². The monoisotopic (exact) mass is 244 g/mol. The third-order valence-electron chi connectivity index (χ3n) is 2.75. The van der Waals surface area contributed by atoms with Crippen molar-refractivity contribution in [3.63, 3.8) is 0 Å². The summed E-state index contributed by atoms with van der Waals surface area (Å²) in [5.41, 5.74) is 2.80. The lowest BCUT2D eigenvalue weighted by Crippen LogP contribution is -2.26. The molecule has 0 fully saturated rings. The van der Waals surface area contributed by atoms with Gasteiger partial charge in [-0.2, -0.15) is 5.10 Å². The van der Waals surface area contributed by atoms with E-state index in [1.807, 2.05) is 32.0 Å². The predicted octanol–water partition coefficient (Wildman–Crippen LogP) is 1.39. The van der Waals surface area contributed by atoms with Gasteiger partial charge < -0.3 is 5.32 Å². The third-order valence-corrected chi connectivity index (χ3v) is 2.75. The molecule has 0 spiro atoms. The Morgan fingerprint density at radius 2 is 2.22 bits per heavy atom. The number of nitrogens with one attached hydrogen (secondary N) is 2. The minimum atomic E-state index is -0.0456. The van der Waals surface area contributed by atoms with Crippen LogP contribution in [0, 0.1) is 13.8 Å². The van der Waals surface area contributed by atoms with E-state index in [-0.39, 0.29) is 5.91 Å². The zero-order valence-electron chi connectivity index (χ0n) is 10.5. The van der Waals surface area contributed by atoms with Gasteiger partial charge >= 0.3 is 0 Å². The molecule has 0 saturated heterocycles. The number of carbonyl (C=O) groups is 1. The minimum Gasteiger partial charge on any atom is -0.352 e. The van der Waals surface area contributed by atoms with E-state index in [4.69, 9.17) is 0 Å². The van der Waals surface area contributed by atoms with E-state index in [2.05, 4.69) is 20.5 Å². The van der Waals surface area contributed by atoms with Crippen LogP contribution in [0.25, 0.3) is 0 Å². The van der Waals surface area contributed by atoms with E-state index in [9.17, 15) is 4.79 Å². The fourth-order valence-corrected chi connectivity index (χ4v) is 1.72. The van der Waals surface area contributed by atoms with Crippen molar-refractivity contribution in [1.29, 1.82) is 0 Å². The summed E-state index contributed by atoms with van der Waals surface area (Å²) in [4.78, 5) is 16.0. The maximum absolute atomic E-state index is 12.0. The number of benzene rings is 1. The van der Waals surface area contributed by atoms with Crippen LogP contribution in [-0.4, -0.2) is 27.6 Å². The van der Waals surface area contributed by atoms with Crippen LogP contribution in [0.2, 0.25) is 0 Å². The fraction of sp³-hybridized carbons (Fsp3) is 0.308. The highest BCUT2D eigenvalue weighted by Gasteiger charge is 2.08. The molecule has 0 aliphatic heterocycles. The van der Waals surface area contributed by atoms with Crippen molar-refractivity contribution in [2.24, 2.45) is 0 Å². The van der Waals surface area contributed by atoms with Crippen molar-refractivity contribution < 1.29 is 4.79 Å². The Kier molecular flexibility index (Phi) is 3.72. The van der Waals surface area contributed by atoms with Gasteiger partial charge in [0.25, 0.3) is 5.91 Å². The summed E-state index contributed by atoms with van der Waals surface area (Å²) >= 11 is 0. The minimum absolute atomic E-state index is 0.0456. The number of amides is 1. The number of carbonyl (C=O) groups excluding carboxylic acids is 1. The van der Waals surface area contributed by atoms with Gasteiger partial charge in [-0.25, -0.2) is 4.98 Å². The number of hydrogen-bond acceptors (Lipinski definition) is 3. The first-order valence-corrected chi connectivity index (χ1v) is 5.86. The lowest BCUT2D eigenvalue weighted by molar-refractivity contribution is 0.0953. The van der Waals surface area contributed by atoms with Crippen LogP contribution in [0.3, 0.4) is 0 Å². The topological polar surface area (TPSA) is 70.7 Å². The molecule has 0 saturated carbocycles. The van der Waals surface area contributed by atoms with Gasteiger partial charge in [0.2, 0.25) is 0 Å². The van der Waals surface area contributed by atoms with Crippen molar-refractivity contribution in [3.05, 3.63) is 47.0 Å². The second kappa shape index (κ2) is 5.44. The first-order valence-electron chi connectivity index (χ1n) is 5.86. The molecule has 0 aliphatic carbocycles. The van der Waals surface area contributed by atoms with Crippen molar-refractivity contribution in [1.82, 2.24) is 20.5 Å². The fourth-order valence-electron chi connectivity index (χ4n) is 1.72. The summed E-state index contributed by atoms with van der Waals surface area (Å²) in [5.74, 6) is 0.729. The van der Waals surface area contributed by atoms with Crippen molar-refractivity contribution in [3.8, 4) is 0 Å². The molecule has 0 unspecified atom stereocenters. The van der Waals surface area contributed by atoms with Crippen LogP contribution in [0.4, 0.5) is 0 Å². The Balaban J connectivity index is 1.93. The Labute approximate surface area is 106 Å². The number of aryl methyl sites for hydroxylation is 2. The SMILES string of the molecule is Cc1ccc(C)c(C(=O)NCCc2ncn[nH]2)c1. The molecule has 0 bridgehead atoms. The largest absolute Gasteiger partial charge is 0.352 e. The second-order valence-corrected chi connectivity index (χ2v) is 4.26. The standard InChI is InChI=1S/C13H16N4O/c1-9-3-4-10(2)11(7-9)13(18)14-6-5-12-15-8-16-17-12/h3-4,7-8H,5-6H2,1-2H3,(H,14,18)(H,15,16,17). The van der Waals surface area contributed by atoms with Crippen molar-refractivity contribution in [2.75, 3.05) is 6.54 Å². The molecule has 18 heavy (non-hydrogen) atoms. The van der Waals surface area contributed by atoms with E-state index < -0.39 is 0 Å². The highest BCUT2D eigenvalue weighted by molar-refractivity contribution is 5.95. The molecular weight excluding hydrogens is 228 g/mol. The molecule has 2 aromatic rings. The maximum atomic E-state index is 12.0. The van der Waals surface area contributed by atoms with Gasteiger partial charge in [0.15, 0.2) is 0 Å². The molecule has 5 nitrogen and oxygen atoms in total. The number of aromatic nitrogens is 3. The van der Waals surface area contributed by atoms with Crippen LogP contribution in [0.5, 0.6) is 0 Å². The molecule has 2 N–H and O–H groups in total. The Morgan fingerprint density at radius 1 is 1.39 bits per heavy atom.